The van der Waals surface area contributed by atoms with E-state index in [2.05, 4.69) is 0 Å². The van der Waals surface area contributed by atoms with Crippen LogP contribution in [0.1, 0.15) is 18.4 Å². The van der Waals surface area contributed by atoms with Gasteiger partial charge in [-0.2, -0.15) is 0 Å². The second-order valence-electron chi connectivity index (χ2n) is 6.98. The second-order valence-corrected chi connectivity index (χ2v) is 9.21. The smallest absolute Gasteiger partial charge is 0.228 e. The van der Waals surface area contributed by atoms with Crippen molar-refractivity contribution in [2.45, 2.75) is 25.3 Å². The van der Waals surface area contributed by atoms with E-state index in [-0.39, 0.29) is 41.7 Å². The molecule has 136 valence electrons. The van der Waals surface area contributed by atoms with Crippen LogP contribution in [-0.2, 0) is 25.8 Å². The highest BCUT2D eigenvalue weighted by Gasteiger charge is 2.39. The second kappa shape index (κ2) is 7.15. The van der Waals surface area contributed by atoms with E-state index in [4.69, 9.17) is 0 Å². The topological polar surface area (TPSA) is 74.8 Å². The van der Waals surface area contributed by atoms with Crippen molar-refractivity contribution in [2.24, 2.45) is 5.92 Å². The zero-order valence-corrected chi connectivity index (χ0v) is 15.2. The van der Waals surface area contributed by atoms with Gasteiger partial charge in [0.05, 0.1) is 17.4 Å². The summed E-state index contributed by atoms with van der Waals surface area (Å²) in [6, 6.07) is 9.69. The Morgan fingerprint density at radius 3 is 2.64 bits per heavy atom. The number of rotatable bonds is 5. The van der Waals surface area contributed by atoms with E-state index in [9.17, 15) is 18.0 Å². The predicted octanol–water partition coefficient (Wildman–Crippen LogP) is 0.723. The van der Waals surface area contributed by atoms with Crippen LogP contribution < -0.4 is 0 Å². The molecule has 6 nitrogen and oxygen atoms in total. The Morgan fingerprint density at radius 1 is 1.28 bits per heavy atom. The maximum absolute atomic E-state index is 12.7. The number of carbonyl (C=O) groups excluding carboxylic acids is 2. The third-order valence-corrected chi connectivity index (χ3v) is 6.93. The van der Waals surface area contributed by atoms with Gasteiger partial charge in [-0.15, -0.1) is 0 Å². The molecule has 25 heavy (non-hydrogen) atoms. The number of benzene rings is 1. The van der Waals surface area contributed by atoms with Gasteiger partial charge in [0.2, 0.25) is 11.8 Å². The van der Waals surface area contributed by atoms with E-state index in [0.29, 0.717) is 19.5 Å². The number of carbonyl (C=O) groups is 2. The van der Waals surface area contributed by atoms with Gasteiger partial charge in [-0.3, -0.25) is 9.59 Å². The van der Waals surface area contributed by atoms with Crippen molar-refractivity contribution < 1.29 is 18.0 Å². The van der Waals surface area contributed by atoms with Crippen LogP contribution in [0.15, 0.2) is 30.3 Å². The SMILES string of the molecule is CN(C(=O)C1CC(=O)N(CCc2ccccc2)C1)C1CCS(=O)(=O)C1. The monoisotopic (exact) mass is 364 g/mol. The molecule has 2 aliphatic rings. The molecule has 2 fully saturated rings. The molecule has 2 aliphatic heterocycles. The molecule has 0 aliphatic carbocycles. The maximum Gasteiger partial charge on any atom is 0.228 e. The first kappa shape index (κ1) is 17.9. The normalized spacial score (nSPS) is 25.3. The lowest BCUT2D eigenvalue weighted by molar-refractivity contribution is -0.136. The Hall–Kier alpha value is -1.89. The number of nitrogens with zero attached hydrogens (tertiary/aromatic N) is 2. The first-order chi connectivity index (χ1) is 11.9. The molecule has 0 bridgehead atoms. The molecule has 1 aromatic rings. The van der Waals surface area contributed by atoms with Crippen LogP contribution in [0.4, 0.5) is 0 Å². The van der Waals surface area contributed by atoms with Crippen molar-refractivity contribution in [1.29, 1.82) is 0 Å². The lowest BCUT2D eigenvalue weighted by Gasteiger charge is -2.26. The highest BCUT2D eigenvalue weighted by Crippen LogP contribution is 2.24. The van der Waals surface area contributed by atoms with Crippen LogP contribution >= 0.6 is 0 Å². The molecular formula is C18H24N2O4S. The van der Waals surface area contributed by atoms with Crippen LogP contribution in [0.2, 0.25) is 0 Å². The van der Waals surface area contributed by atoms with Crippen LogP contribution in [0.25, 0.3) is 0 Å². The largest absolute Gasteiger partial charge is 0.342 e. The molecule has 2 amide bonds. The summed E-state index contributed by atoms with van der Waals surface area (Å²) < 4.78 is 23.2. The van der Waals surface area contributed by atoms with Crippen molar-refractivity contribution in [1.82, 2.24) is 9.80 Å². The number of sulfone groups is 1. The Bertz CT molecular complexity index is 748. The lowest BCUT2D eigenvalue weighted by atomic mass is 10.1. The van der Waals surface area contributed by atoms with Gasteiger partial charge in [0.25, 0.3) is 0 Å². The summed E-state index contributed by atoms with van der Waals surface area (Å²) >= 11 is 0. The first-order valence-corrected chi connectivity index (χ1v) is 10.5. The number of hydrogen-bond donors (Lipinski definition) is 0. The average Bonchev–Trinajstić information content (AvgIpc) is 3.15. The summed E-state index contributed by atoms with van der Waals surface area (Å²) in [4.78, 5) is 28.2. The molecule has 1 aromatic carbocycles. The van der Waals surface area contributed by atoms with E-state index in [1.165, 1.54) is 5.56 Å². The van der Waals surface area contributed by atoms with Crippen molar-refractivity contribution in [3.63, 3.8) is 0 Å². The summed E-state index contributed by atoms with van der Waals surface area (Å²) in [5.74, 6) is -0.300. The van der Waals surface area contributed by atoms with Gasteiger partial charge in [0.15, 0.2) is 9.84 Å². The van der Waals surface area contributed by atoms with E-state index in [1.807, 2.05) is 30.3 Å². The van der Waals surface area contributed by atoms with Crippen molar-refractivity contribution in [2.75, 3.05) is 31.6 Å². The molecule has 2 atom stereocenters. The molecule has 2 heterocycles. The molecule has 7 heteroatoms. The molecule has 2 saturated heterocycles. The molecule has 0 aromatic heterocycles. The summed E-state index contributed by atoms with van der Waals surface area (Å²) in [6.07, 6.45) is 1.48. The number of amides is 2. The fraction of sp³-hybridized carbons (Fsp3) is 0.556. The van der Waals surface area contributed by atoms with Gasteiger partial charge in [-0.05, 0) is 18.4 Å². The summed E-state index contributed by atoms with van der Waals surface area (Å²) in [6.45, 7) is 1.03. The van der Waals surface area contributed by atoms with E-state index in [0.717, 1.165) is 6.42 Å². The summed E-state index contributed by atoms with van der Waals surface area (Å²) in [5.41, 5.74) is 1.17. The number of likely N-dealkylation sites (tertiary alicyclic amines) is 1. The molecule has 2 unspecified atom stereocenters. The lowest BCUT2D eigenvalue weighted by Crippen LogP contribution is -2.42. The maximum atomic E-state index is 12.7. The Morgan fingerprint density at radius 2 is 2.00 bits per heavy atom. The Labute approximate surface area is 148 Å². The highest BCUT2D eigenvalue weighted by molar-refractivity contribution is 7.91. The van der Waals surface area contributed by atoms with E-state index in [1.54, 1.807) is 16.8 Å². The third kappa shape index (κ3) is 4.21. The van der Waals surface area contributed by atoms with Crippen molar-refractivity contribution in [3.8, 4) is 0 Å². The third-order valence-electron chi connectivity index (χ3n) is 5.18. The van der Waals surface area contributed by atoms with Crippen LogP contribution in [0.3, 0.4) is 0 Å². The van der Waals surface area contributed by atoms with Gasteiger partial charge in [0.1, 0.15) is 0 Å². The fourth-order valence-corrected chi connectivity index (χ4v) is 5.39. The minimum atomic E-state index is -3.03. The van der Waals surface area contributed by atoms with Crippen LogP contribution in [0.5, 0.6) is 0 Å². The van der Waals surface area contributed by atoms with Crippen LogP contribution in [0, 0.1) is 5.92 Å². The van der Waals surface area contributed by atoms with Gasteiger partial charge >= 0.3 is 0 Å². The van der Waals surface area contributed by atoms with E-state index < -0.39 is 9.84 Å². The average molecular weight is 364 g/mol. The molecule has 0 spiro atoms. The molecule has 0 saturated carbocycles. The van der Waals surface area contributed by atoms with Gasteiger partial charge < -0.3 is 9.80 Å². The highest BCUT2D eigenvalue weighted by atomic mass is 32.2. The predicted molar refractivity (Wildman–Crippen MR) is 94.7 cm³/mol. The standard InChI is InChI=1S/C18H24N2O4S/c1-19(16-8-10-25(23,24)13-16)18(22)15-11-17(21)20(12-15)9-7-14-5-3-2-4-6-14/h2-6,15-16H,7-13H2,1H3. The minimum absolute atomic E-state index is 0.00160. The fourth-order valence-electron chi connectivity index (χ4n) is 3.61. The van der Waals surface area contributed by atoms with Gasteiger partial charge in [-0.1, -0.05) is 30.3 Å². The zero-order valence-electron chi connectivity index (χ0n) is 14.4. The van der Waals surface area contributed by atoms with Crippen LogP contribution in [-0.4, -0.2) is 67.7 Å². The van der Waals surface area contributed by atoms with Gasteiger partial charge in [-0.25, -0.2) is 8.42 Å². The van der Waals surface area contributed by atoms with Crippen molar-refractivity contribution >= 4 is 21.7 Å². The molecule has 0 N–H and O–H groups in total. The quantitative estimate of drug-likeness (QED) is 0.772. The van der Waals surface area contributed by atoms with E-state index >= 15 is 0 Å². The molecule has 3 rings (SSSR count). The van der Waals surface area contributed by atoms with Crippen molar-refractivity contribution in [3.05, 3.63) is 35.9 Å². The molecule has 0 radical (unpaired) electrons. The van der Waals surface area contributed by atoms with Gasteiger partial charge in [0, 0.05) is 32.6 Å². The molecular weight excluding hydrogens is 340 g/mol. The summed E-state index contributed by atoms with van der Waals surface area (Å²) in [7, 11) is -1.37. The Kier molecular flexibility index (Phi) is 5.13. The zero-order chi connectivity index (χ0) is 18.0. The Balaban J connectivity index is 1.55. The minimum Gasteiger partial charge on any atom is -0.342 e. The first-order valence-electron chi connectivity index (χ1n) is 8.64. The number of hydrogen-bond acceptors (Lipinski definition) is 4. The summed E-state index contributed by atoms with van der Waals surface area (Å²) in [5, 5.41) is 0.